The van der Waals surface area contributed by atoms with Gasteiger partial charge in [-0.15, -0.1) is 0 Å². The zero-order chi connectivity index (χ0) is 25.4. The number of aromatic nitrogens is 2. The number of hydrogen-bond acceptors (Lipinski definition) is 4. The van der Waals surface area contributed by atoms with Crippen LogP contribution in [-0.4, -0.2) is 21.2 Å². The van der Waals surface area contributed by atoms with Crippen molar-refractivity contribution in [2.45, 2.75) is 52.2 Å². The maximum Gasteiger partial charge on any atom is 0.408 e. The molecule has 34 heavy (non-hydrogen) atoms. The molecule has 3 aromatic rings. The lowest BCUT2D eigenvalue weighted by Crippen LogP contribution is -2.37. The molecule has 2 aromatic carbocycles. The normalized spacial score (nSPS) is 12.9. The van der Waals surface area contributed by atoms with Gasteiger partial charge < -0.3 is 10.1 Å². The molecule has 0 spiro atoms. The molecule has 1 atom stereocenters. The van der Waals surface area contributed by atoms with Gasteiger partial charge in [0, 0.05) is 11.1 Å². The van der Waals surface area contributed by atoms with Gasteiger partial charge in [-0.1, -0.05) is 12.1 Å². The number of carbonyl (C=O) groups is 1. The van der Waals surface area contributed by atoms with Gasteiger partial charge in [0.1, 0.15) is 17.2 Å². The minimum Gasteiger partial charge on any atom is -0.444 e. The van der Waals surface area contributed by atoms with Crippen LogP contribution in [0.25, 0.3) is 16.6 Å². The molecule has 3 rings (SSSR count). The number of amides is 1. The first kappa shape index (κ1) is 25.1. The summed E-state index contributed by atoms with van der Waals surface area (Å²) in [6.07, 6.45) is -6.95. The van der Waals surface area contributed by atoms with Crippen LogP contribution in [0.4, 0.5) is 26.7 Å². The van der Waals surface area contributed by atoms with Crippen LogP contribution in [0.3, 0.4) is 0 Å². The Labute approximate surface area is 191 Å². The molecule has 6 nitrogen and oxygen atoms in total. The summed E-state index contributed by atoms with van der Waals surface area (Å²) in [6.45, 7) is 6.32. The highest BCUT2D eigenvalue weighted by atomic mass is 19.3. The number of rotatable bonds is 5. The number of hydrogen-bond donors (Lipinski definition) is 1. The van der Waals surface area contributed by atoms with Crippen LogP contribution in [-0.2, 0) is 4.74 Å². The van der Waals surface area contributed by atoms with E-state index in [4.69, 9.17) is 4.74 Å². The second kappa shape index (κ2) is 9.40. The highest BCUT2D eigenvalue weighted by Gasteiger charge is 2.25. The van der Waals surface area contributed by atoms with Crippen LogP contribution in [0.15, 0.2) is 41.2 Å². The Kier molecular flexibility index (Phi) is 6.94. The van der Waals surface area contributed by atoms with Crippen molar-refractivity contribution in [1.82, 2.24) is 14.9 Å². The van der Waals surface area contributed by atoms with E-state index < -0.39 is 58.5 Å². The fourth-order valence-electron chi connectivity index (χ4n) is 3.40. The van der Waals surface area contributed by atoms with E-state index in [1.54, 1.807) is 20.8 Å². The molecular formula is C23H22F5N3O3. The fourth-order valence-corrected chi connectivity index (χ4v) is 3.40. The third-order valence-electron chi connectivity index (χ3n) is 4.73. The molecule has 0 aliphatic carbocycles. The Morgan fingerprint density at radius 2 is 1.76 bits per heavy atom. The van der Waals surface area contributed by atoms with Crippen molar-refractivity contribution >= 4 is 17.0 Å². The van der Waals surface area contributed by atoms with E-state index in [0.717, 1.165) is 22.8 Å². The second-order valence-corrected chi connectivity index (χ2v) is 8.56. The number of alkyl halides is 4. The minimum absolute atomic E-state index is 0.0997. The van der Waals surface area contributed by atoms with Gasteiger partial charge in [-0.3, -0.25) is 9.36 Å². The summed E-state index contributed by atoms with van der Waals surface area (Å²) in [5.41, 5.74) is -3.67. The molecule has 0 aliphatic rings. The zero-order valence-electron chi connectivity index (χ0n) is 18.7. The summed E-state index contributed by atoms with van der Waals surface area (Å²) in [6, 6.07) is 4.85. The molecule has 0 radical (unpaired) electrons. The summed E-state index contributed by atoms with van der Waals surface area (Å²) in [4.78, 5) is 30.0. The smallest absolute Gasteiger partial charge is 0.408 e. The lowest BCUT2D eigenvalue weighted by molar-refractivity contribution is 0.0505. The second-order valence-electron chi connectivity index (χ2n) is 8.56. The Bertz CT molecular complexity index is 1290. The van der Waals surface area contributed by atoms with Crippen molar-refractivity contribution in [1.29, 1.82) is 0 Å². The maximum absolute atomic E-state index is 14.2. The summed E-state index contributed by atoms with van der Waals surface area (Å²) in [5.74, 6) is -1.26. The van der Waals surface area contributed by atoms with Gasteiger partial charge in [0.2, 0.25) is 0 Å². The molecule has 0 saturated carbocycles. The van der Waals surface area contributed by atoms with E-state index in [1.165, 1.54) is 19.1 Å². The number of nitrogens with zero attached hydrogens (tertiary/aromatic N) is 2. The quantitative estimate of drug-likeness (QED) is 0.453. The number of nitrogens with one attached hydrogen (secondary N) is 1. The zero-order valence-corrected chi connectivity index (χ0v) is 18.7. The topological polar surface area (TPSA) is 73.2 Å². The molecule has 1 amide bonds. The van der Waals surface area contributed by atoms with Crippen molar-refractivity contribution < 1.29 is 31.5 Å². The van der Waals surface area contributed by atoms with E-state index in [2.05, 4.69) is 10.3 Å². The van der Waals surface area contributed by atoms with Gasteiger partial charge in [0.15, 0.2) is 0 Å². The molecule has 0 bridgehead atoms. The highest BCUT2D eigenvalue weighted by Crippen LogP contribution is 2.28. The summed E-state index contributed by atoms with van der Waals surface area (Å²) in [5, 5.41) is 2.02. The average molecular weight is 483 g/mol. The standard InChI is InChI=1S/C23H22F5N3O3/c1-11(29-22(33)34-23(2,3)4)20-30-16-7-5-6-15(19(27)28)17(16)21(32)31(20)14-9-12(18(25)26)8-13(24)10-14/h5-11,18-19H,1-4H3,(H,29,33)/t11-/m0/s1. The van der Waals surface area contributed by atoms with Crippen LogP contribution < -0.4 is 10.9 Å². The average Bonchev–Trinajstić information content (AvgIpc) is 2.70. The maximum atomic E-state index is 14.2. The Balaban J connectivity index is 2.30. The third kappa shape index (κ3) is 5.35. The number of benzene rings is 2. The van der Waals surface area contributed by atoms with E-state index in [9.17, 15) is 31.5 Å². The summed E-state index contributed by atoms with van der Waals surface area (Å²) < 4.78 is 74.0. The fraction of sp³-hybridized carbons (Fsp3) is 0.348. The molecule has 0 unspecified atom stereocenters. The van der Waals surface area contributed by atoms with Crippen molar-refractivity contribution in [3.05, 3.63) is 69.5 Å². The van der Waals surface area contributed by atoms with Gasteiger partial charge in [0.25, 0.3) is 18.4 Å². The van der Waals surface area contributed by atoms with Gasteiger partial charge in [-0.25, -0.2) is 31.7 Å². The summed E-state index contributed by atoms with van der Waals surface area (Å²) >= 11 is 0. The minimum atomic E-state index is -3.06. The van der Waals surface area contributed by atoms with Crippen LogP contribution >= 0.6 is 0 Å². The highest BCUT2D eigenvalue weighted by molar-refractivity contribution is 5.82. The monoisotopic (exact) mass is 483 g/mol. The Morgan fingerprint density at radius 1 is 1.09 bits per heavy atom. The number of alkyl carbamates (subject to hydrolysis) is 1. The molecule has 11 heteroatoms. The molecule has 1 N–H and O–H groups in total. The number of ether oxygens (including phenoxy) is 1. The van der Waals surface area contributed by atoms with E-state index >= 15 is 0 Å². The predicted octanol–water partition coefficient (Wildman–Crippen LogP) is 5.99. The molecule has 1 heterocycles. The van der Waals surface area contributed by atoms with Gasteiger partial charge >= 0.3 is 6.09 Å². The van der Waals surface area contributed by atoms with Crippen molar-refractivity contribution in [3.8, 4) is 5.69 Å². The van der Waals surface area contributed by atoms with Gasteiger partial charge in [0.05, 0.1) is 22.6 Å². The molecule has 1 aromatic heterocycles. The molecule has 0 fully saturated rings. The van der Waals surface area contributed by atoms with E-state index in [0.29, 0.717) is 6.07 Å². The largest absolute Gasteiger partial charge is 0.444 e. The third-order valence-corrected chi connectivity index (χ3v) is 4.73. The summed E-state index contributed by atoms with van der Waals surface area (Å²) in [7, 11) is 0. The van der Waals surface area contributed by atoms with Crippen LogP contribution in [0, 0.1) is 5.82 Å². The number of fused-ring (bicyclic) bond motifs is 1. The van der Waals surface area contributed by atoms with Crippen LogP contribution in [0.1, 0.15) is 63.5 Å². The van der Waals surface area contributed by atoms with Crippen LogP contribution in [0.5, 0.6) is 0 Å². The first-order chi connectivity index (χ1) is 15.8. The first-order valence-electron chi connectivity index (χ1n) is 10.2. The Hall–Kier alpha value is -3.50. The lowest BCUT2D eigenvalue weighted by Gasteiger charge is -2.23. The lowest BCUT2D eigenvalue weighted by atomic mass is 10.1. The first-order valence-corrected chi connectivity index (χ1v) is 10.2. The van der Waals surface area contributed by atoms with Gasteiger partial charge in [-0.05, 0) is 52.0 Å². The van der Waals surface area contributed by atoms with Crippen LogP contribution in [0.2, 0.25) is 0 Å². The van der Waals surface area contributed by atoms with Crippen molar-refractivity contribution in [2.75, 3.05) is 0 Å². The SMILES string of the molecule is C[C@H](NC(=O)OC(C)(C)C)c1nc2cccc(C(F)F)c2c(=O)n1-c1cc(F)cc(C(F)F)c1. The van der Waals surface area contributed by atoms with Crippen molar-refractivity contribution in [2.24, 2.45) is 0 Å². The Morgan fingerprint density at radius 3 is 2.35 bits per heavy atom. The molecular weight excluding hydrogens is 461 g/mol. The predicted molar refractivity (Wildman–Crippen MR) is 115 cm³/mol. The van der Waals surface area contributed by atoms with E-state index in [1.807, 2.05) is 0 Å². The number of halogens is 5. The van der Waals surface area contributed by atoms with E-state index in [-0.39, 0.29) is 17.0 Å². The van der Waals surface area contributed by atoms with Crippen molar-refractivity contribution in [3.63, 3.8) is 0 Å². The molecule has 0 saturated heterocycles. The molecule has 182 valence electrons. The van der Waals surface area contributed by atoms with Gasteiger partial charge in [-0.2, -0.15) is 0 Å². The number of carbonyl (C=O) groups excluding carboxylic acids is 1. The molecule has 0 aliphatic heterocycles.